The Labute approximate surface area is 385 Å². The van der Waals surface area contributed by atoms with Gasteiger partial charge in [-0.2, -0.15) is 13.2 Å². The van der Waals surface area contributed by atoms with Crippen molar-refractivity contribution in [3.8, 4) is 22.6 Å². The molecule has 350 valence electrons. The van der Waals surface area contributed by atoms with Gasteiger partial charge >= 0.3 is 5.51 Å². The molecule has 1 aliphatic rings. The van der Waals surface area contributed by atoms with Crippen molar-refractivity contribution >= 4 is 59.8 Å². The number of H-pyrrole nitrogens is 1. The number of sulfone groups is 1. The summed E-state index contributed by atoms with van der Waals surface area (Å²) in [5.74, 6) is -1.18. The Morgan fingerprint density at radius 1 is 0.939 bits per heavy atom. The number of nitrogens with zero attached hydrogens (tertiary/aromatic N) is 2. The van der Waals surface area contributed by atoms with E-state index in [1.807, 2.05) is 46.0 Å². The number of ether oxygens (including phenoxy) is 3. The quantitative estimate of drug-likeness (QED) is 0.0599. The van der Waals surface area contributed by atoms with Crippen molar-refractivity contribution in [2.24, 2.45) is 5.92 Å². The number of alkyl halides is 3. The van der Waals surface area contributed by atoms with Crippen LogP contribution in [0.25, 0.3) is 22.2 Å². The summed E-state index contributed by atoms with van der Waals surface area (Å²) in [5, 5.41) is 15.6. The van der Waals surface area contributed by atoms with Gasteiger partial charge in [-0.3, -0.25) is 4.79 Å². The molecule has 2 aromatic heterocycles. The van der Waals surface area contributed by atoms with Gasteiger partial charge in [-0.05, 0) is 104 Å². The topological polar surface area (TPSA) is 189 Å². The summed E-state index contributed by atoms with van der Waals surface area (Å²) < 4.78 is 114. The Kier molecular flexibility index (Phi) is 14.9. The van der Waals surface area contributed by atoms with Crippen molar-refractivity contribution in [2.45, 2.75) is 60.8 Å². The van der Waals surface area contributed by atoms with Crippen LogP contribution in [-0.2, 0) is 29.3 Å². The average Bonchev–Trinajstić information content (AvgIpc) is 3.77. The molecular formula is C46H47ClF3N5O9S2. The van der Waals surface area contributed by atoms with E-state index in [0.29, 0.717) is 53.7 Å². The number of fused-ring (bicyclic) bond motifs is 1. The molecular weight excluding hydrogens is 923 g/mol. The molecule has 1 atom stereocenters. The molecule has 4 aromatic carbocycles. The Morgan fingerprint density at radius 3 is 2.35 bits per heavy atom. The molecule has 0 spiro atoms. The molecule has 0 saturated carbocycles. The number of hydrogen-bond acceptors (Lipinski definition) is 12. The average molecular weight is 970 g/mol. The normalized spacial score (nSPS) is 14.4. The number of amides is 1. The number of carbonyl (C=O) groups excluding carboxylic acids is 1. The van der Waals surface area contributed by atoms with Crippen LogP contribution in [0.4, 0.5) is 24.5 Å². The highest BCUT2D eigenvalue weighted by atomic mass is 35.5. The molecule has 14 nitrogen and oxygen atoms in total. The van der Waals surface area contributed by atoms with Crippen molar-refractivity contribution in [1.82, 2.24) is 14.7 Å². The third-order valence-electron chi connectivity index (χ3n) is 11.1. The van der Waals surface area contributed by atoms with Crippen LogP contribution >= 0.6 is 11.6 Å². The number of halogens is 4. The van der Waals surface area contributed by atoms with E-state index in [2.05, 4.69) is 15.3 Å². The molecule has 1 fully saturated rings. The Bertz CT molecular complexity index is 2890. The molecule has 0 bridgehead atoms. The second kappa shape index (κ2) is 20.4. The Hall–Kier alpha value is -5.70. The zero-order valence-corrected chi connectivity index (χ0v) is 38.1. The van der Waals surface area contributed by atoms with Crippen molar-refractivity contribution in [3.05, 3.63) is 126 Å². The number of pyridine rings is 1. The molecule has 66 heavy (non-hydrogen) atoms. The van der Waals surface area contributed by atoms with Crippen molar-refractivity contribution in [2.75, 3.05) is 43.1 Å². The fourth-order valence-corrected chi connectivity index (χ4v) is 9.92. The maximum atomic E-state index is 14.0. The molecule has 3 heterocycles. The van der Waals surface area contributed by atoms with Crippen LogP contribution in [-0.4, -0.2) is 82.5 Å². The largest absolute Gasteiger partial charge is 0.501 e. The summed E-state index contributed by atoms with van der Waals surface area (Å²) in [5.41, 5.74) is -2.78. The van der Waals surface area contributed by atoms with Gasteiger partial charge in [0.05, 0.1) is 28.4 Å². The molecule has 0 radical (unpaired) electrons. The van der Waals surface area contributed by atoms with E-state index in [4.69, 9.17) is 25.8 Å². The maximum absolute atomic E-state index is 14.0. The lowest BCUT2D eigenvalue weighted by atomic mass is 9.84. The highest BCUT2D eigenvalue weighted by Crippen LogP contribution is 2.40. The molecule has 20 heteroatoms. The van der Waals surface area contributed by atoms with Crippen molar-refractivity contribution in [3.63, 3.8) is 0 Å². The zero-order chi connectivity index (χ0) is 47.2. The van der Waals surface area contributed by atoms with Gasteiger partial charge in [-0.25, -0.2) is 26.5 Å². The summed E-state index contributed by atoms with van der Waals surface area (Å²) in [4.78, 5) is 21.0. The minimum absolute atomic E-state index is 0.0757. The third-order valence-corrected chi connectivity index (χ3v) is 14.2. The lowest BCUT2D eigenvalue weighted by Gasteiger charge is -2.36. The molecule has 1 amide bonds. The first-order valence-electron chi connectivity index (χ1n) is 21.0. The summed E-state index contributed by atoms with van der Waals surface area (Å²) in [6, 6.07) is 25.1. The fraction of sp³-hybridized carbons (Fsp3) is 0.304. The van der Waals surface area contributed by atoms with Gasteiger partial charge in [0.25, 0.3) is 25.8 Å². The number of aliphatic hydroxyl groups is 1. The summed E-state index contributed by atoms with van der Waals surface area (Å²) in [6.07, 6.45) is 2.90. The number of anilines is 2. The second-order valence-corrected chi connectivity index (χ2v) is 19.4. The number of benzene rings is 4. The molecule has 0 unspecified atom stereocenters. The number of sulfonamides is 1. The number of hydrogen-bond donors (Lipinski definition) is 4. The zero-order valence-electron chi connectivity index (χ0n) is 35.7. The van der Waals surface area contributed by atoms with E-state index >= 15 is 0 Å². The van der Waals surface area contributed by atoms with Gasteiger partial charge in [-0.15, -0.1) is 0 Å². The molecule has 7 rings (SSSR count). The van der Waals surface area contributed by atoms with E-state index in [0.717, 1.165) is 28.8 Å². The predicted octanol–water partition coefficient (Wildman–Crippen LogP) is 9.24. The number of piperidine rings is 1. The van der Waals surface area contributed by atoms with Gasteiger partial charge in [0.2, 0.25) is 0 Å². The van der Waals surface area contributed by atoms with Crippen LogP contribution in [0.3, 0.4) is 0 Å². The van der Waals surface area contributed by atoms with Gasteiger partial charge in [0.1, 0.15) is 22.0 Å². The first-order chi connectivity index (χ1) is 31.5. The van der Waals surface area contributed by atoms with Gasteiger partial charge in [0.15, 0.2) is 6.29 Å². The Morgan fingerprint density at radius 2 is 1.65 bits per heavy atom. The summed E-state index contributed by atoms with van der Waals surface area (Å²) >= 11 is 6.13. The summed E-state index contributed by atoms with van der Waals surface area (Å²) in [7, 11) is -11.1. The second-order valence-electron chi connectivity index (χ2n) is 15.3. The first kappa shape index (κ1) is 48.2. The Balaban J connectivity index is 1.13. The molecule has 1 aliphatic heterocycles. The number of nitrogens with one attached hydrogen (secondary N) is 3. The van der Waals surface area contributed by atoms with Gasteiger partial charge < -0.3 is 34.5 Å². The van der Waals surface area contributed by atoms with Crippen LogP contribution in [0.15, 0.2) is 119 Å². The predicted molar refractivity (Wildman–Crippen MR) is 244 cm³/mol. The number of aromatic nitrogens is 2. The number of rotatable bonds is 18. The molecule has 1 saturated heterocycles. The standard InChI is InChI=1S/C46H47ClF3N5O9S2/c1-3-62-42(63-4-2)18-22-51-39-16-14-35(27-41(39)65(58,59)46(48,49)50)66(60,61)54-45(57)38-15-13-33(26-40(38)64-34-25-31-17-21-52-44(31)53-28-34)55-23-19-30(20-24-55)43(56)37-8-6-5-7-36(37)29-9-11-32(47)12-10-29/h5-17,21,25-28,30,42-43,51,56H,3-4,18-20,22-24H2,1-2H3,(H,52,53)(H,54,57)/t43-/m1/s1. The lowest BCUT2D eigenvalue weighted by molar-refractivity contribution is -0.137. The van der Waals surface area contributed by atoms with Crippen LogP contribution in [0.1, 0.15) is 55.1 Å². The first-order valence-corrected chi connectivity index (χ1v) is 24.4. The van der Waals surface area contributed by atoms with Crippen LogP contribution < -0.4 is 19.7 Å². The highest BCUT2D eigenvalue weighted by molar-refractivity contribution is 7.92. The highest BCUT2D eigenvalue weighted by Gasteiger charge is 2.48. The van der Waals surface area contributed by atoms with Crippen LogP contribution in [0.2, 0.25) is 5.02 Å². The van der Waals surface area contributed by atoms with Gasteiger partial charge in [0, 0.05) is 67.6 Å². The van der Waals surface area contributed by atoms with Crippen LogP contribution in [0, 0.1) is 5.92 Å². The van der Waals surface area contributed by atoms with E-state index in [-0.39, 0.29) is 49.2 Å². The monoisotopic (exact) mass is 969 g/mol. The van der Waals surface area contributed by atoms with Gasteiger partial charge in [-0.1, -0.05) is 48.0 Å². The minimum atomic E-state index is -6.10. The number of carbonyl (C=O) groups is 1. The van der Waals surface area contributed by atoms with Crippen LogP contribution in [0.5, 0.6) is 11.5 Å². The van der Waals surface area contributed by atoms with E-state index in [9.17, 15) is 39.9 Å². The SMILES string of the molecule is CCOC(CCNc1ccc(S(=O)(=O)NC(=O)c2ccc(N3CCC([C@@H](O)c4ccccc4-c4ccc(Cl)cc4)CC3)cc2Oc2cnc3[nH]ccc3c2)cc1S(=O)(=O)C(F)(F)F)OCC. The maximum Gasteiger partial charge on any atom is 0.501 e. The lowest BCUT2D eigenvalue weighted by Crippen LogP contribution is -2.36. The van der Waals surface area contributed by atoms with E-state index < -0.39 is 59.1 Å². The number of aliphatic hydroxyl groups excluding tert-OH is 1. The minimum Gasteiger partial charge on any atom is -0.455 e. The van der Waals surface area contributed by atoms with E-state index in [1.165, 1.54) is 12.3 Å². The summed E-state index contributed by atoms with van der Waals surface area (Å²) in [6.45, 7) is 4.92. The third kappa shape index (κ3) is 10.9. The molecule has 6 aromatic rings. The van der Waals surface area contributed by atoms with E-state index in [1.54, 1.807) is 56.4 Å². The number of aromatic amines is 1. The molecule has 4 N–H and O–H groups in total. The smallest absolute Gasteiger partial charge is 0.455 e. The van der Waals surface area contributed by atoms with Crippen molar-refractivity contribution < 1.29 is 54.1 Å². The fourth-order valence-electron chi connectivity index (χ4n) is 7.77. The van der Waals surface area contributed by atoms with Crippen molar-refractivity contribution in [1.29, 1.82) is 0 Å². The molecule has 0 aliphatic carbocycles.